The zero-order chi connectivity index (χ0) is 22.7. The highest BCUT2D eigenvalue weighted by molar-refractivity contribution is 5.79. The molecular formula is C26H40N4O2. The van der Waals surface area contributed by atoms with Crippen molar-refractivity contribution < 1.29 is 9.52 Å². The number of aliphatic hydroxyl groups is 1. The second-order valence-electron chi connectivity index (χ2n) is 9.10. The van der Waals surface area contributed by atoms with Gasteiger partial charge in [0.25, 0.3) is 0 Å². The smallest absolute Gasteiger partial charge is 0.191 e. The Morgan fingerprint density at radius 3 is 2.53 bits per heavy atom. The number of aliphatic hydroxyl groups excluding tert-OH is 1. The number of aliphatic imine (C=N–C) groups is 1. The van der Waals surface area contributed by atoms with Crippen LogP contribution in [0, 0.1) is 5.41 Å². The maximum atomic E-state index is 9.60. The molecule has 6 heteroatoms. The van der Waals surface area contributed by atoms with E-state index in [2.05, 4.69) is 53.8 Å². The molecule has 1 saturated carbocycles. The Bertz CT molecular complexity index is 807. The average Bonchev–Trinajstić information content (AvgIpc) is 3.30. The molecule has 1 aliphatic rings. The minimum Gasteiger partial charge on any atom is -0.468 e. The van der Waals surface area contributed by atoms with E-state index >= 15 is 0 Å². The molecule has 176 valence electrons. The minimum atomic E-state index is 0.190. The van der Waals surface area contributed by atoms with Gasteiger partial charge < -0.3 is 20.2 Å². The van der Waals surface area contributed by atoms with Crippen molar-refractivity contribution in [1.29, 1.82) is 0 Å². The lowest BCUT2D eigenvalue weighted by molar-refractivity contribution is 0.131. The number of benzene rings is 1. The van der Waals surface area contributed by atoms with Gasteiger partial charge in [-0.05, 0) is 61.9 Å². The van der Waals surface area contributed by atoms with E-state index in [0.29, 0.717) is 6.54 Å². The van der Waals surface area contributed by atoms with Crippen LogP contribution in [0.3, 0.4) is 0 Å². The molecule has 0 radical (unpaired) electrons. The van der Waals surface area contributed by atoms with Crippen LogP contribution in [0.5, 0.6) is 0 Å². The standard InChI is InChI=1S/C26H40N4O2/c1-3-27-25(29-21-26(15-16-31)13-7-4-8-14-26)28-18-22-10-5-6-11-23(22)19-30(2)20-24-12-9-17-32-24/h5-6,9-12,17,31H,3-4,7-8,13-16,18-21H2,1-2H3,(H2,27,28,29). The first-order chi connectivity index (χ1) is 15.6. The fourth-order valence-corrected chi connectivity index (χ4v) is 4.71. The summed E-state index contributed by atoms with van der Waals surface area (Å²) in [6.07, 6.45) is 8.79. The van der Waals surface area contributed by atoms with Crippen molar-refractivity contribution in [2.45, 2.75) is 65.1 Å². The van der Waals surface area contributed by atoms with Crippen molar-refractivity contribution in [2.75, 3.05) is 26.7 Å². The highest BCUT2D eigenvalue weighted by Gasteiger charge is 2.31. The summed E-state index contributed by atoms with van der Waals surface area (Å²) in [5, 5.41) is 16.6. The molecule has 3 N–H and O–H groups in total. The summed E-state index contributed by atoms with van der Waals surface area (Å²) >= 11 is 0. The molecule has 0 aliphatic heterocycles. The summed E-state index contributed by atoms with van der Waals surface area (Å²) in [5.41, 5.74) is 2.71. The van der Waals surface area contributed by atoms with Crippen molar-refractivity contribution in [2.24, 2.45) is 10.4 Å². The lowest BCUT2D eigenvalue weighted by Gasteiger charge is -2.37. The largest absolute Gasteiger partial charge is 0.468 e. The third-order valence-corrected chi connectivity index (χ3v) is 6.50. The maximum Gasteiger partial charge on any atom is 0.191 e. The molecule has 1 fully saturated rings. The third kappa shape index (κ3) is 7.38. The minimum absolute atomic E-state index is 0.190. The highest BCUT2D eigenvalue weighted by atomic mass is 16.3. The number of furan rings is 1. The number of nitrogens with zero attached hydrogens (tertiary/aromatic N) is 2. The zero-order valence-electron chi connectivity index (χ0n) is 19.8. The van der Waals surface area contributed by atoms with E-state index in [9.17, 15) is 5.11 Å². The molecular weight excluding hydrogens is 400 g/mol. The fraction of sp³-hybridized carbons (Fsp3) is 0.577. The van der Waals surface area contributed by atoms with Crippen molar-refractivity contribution >= 4 is 5.96 Å². The molecule has 2 aromatic rings. The van der Waals surface area contributed by atoms with Crippen molar-refractivity contribution in [3.63, 3.8) is 0 Å². The first kappa shape index (κ1) is 24.3. The van der Waals surface area contributed by atoms with Gasteiger partial charge in [0.15, 0.2) is 5.96 Å². The van der Waals surface area contributed by atoms with Gasteiger partial charge in [-0.3, -0.25) is 4.90 Å². The quantitative estimate of drug-likeness (QED) is 0.359. The van der Waals surface area contributed by atoms with Crippen molar-refractivity contribution in [3.8, 4) is 0 Å². The highest BCUT2D eigenvalue weighted by Crippen LogP contribution is 2.38. The average molecular weight is 441 g/mol. The maximum absolute atomic E-state index is 9.60. The second-order valence-corrected chi connectivity index (χ2v) is 9.10. The molecule has 1 heterocycles. The SMILES string of the molecule is CCNC(=NCc1ccccc1CN(C)Cc1ccco1)NCC1(CCO)CCCCC1. The van der Waals surface area contributed by atoms with Gasteiger partial charge >= 0.3 is 0 Å². The van der Waals surface area contributed by atoms with Crippen LogP contribution >= 0.6 is 0 Å². The zero-order valence-corrected chi connectivity index (χ0v) is 19.8. The molecule has 0 bridgehead atoms. The first-order valence-electron chi connectivity index (χ1n) is 12.0. The topological polar surface area (TPSA) is 73.0 Å². The Hall–Kier alpha value is -2.31. The molecule has 6 nitrogen and oxygen atoms in total. The summed E-state index contributed by atoms with van der Waals surface area (Å²) < 4.78 is 5.48. The normalized spacial score (nSPS) is 16.3. The molecule has 3 rings (SSSR count). The van der Waals surface area contributed by atoms with E-state index in [1.165, 1.54) is 43.2 Å². The molecule has 32 heavy (non-hydrogen) atoms. The van der Waals surface area contributed by atoms with Crippen LogP contribution in [-0.4, -0.2) is 42.7 Å². The molecule has 0 spiro atoms. The molecule has 1 aliphatic carbocycles. The van der Waals surface area contributed by atoms with E-state index in [4.69, 9.17) is 9.41 Å². The summed E-state index contributed by atoms with van der Waals surface area (Å²) in [4.78, 5) is 7.15. The number of nitrogens with one attached hydrogen (secondary N) is 2. The van der Waals surface area contributed by atoms with Crippen LogP contribution in [0.25, 0.3) is 0 Å². The van der Waals surface area contributed by atoms with Crippen LogP contribution in [-0.2, 0) is 19.6 Å². The van der Waals surface area contributed by atoms with E-state index in [-0.39, 0.29) is 12.0 Å². The van der Waals surface area contributed by atoms with Crippen molar-refractivity contribution in [3.05, 3.63) is 59.5 Å². The number of rotatable bonds is 11. The summed E-state index contributed by atoms with van der Waals surface area (Å²) in [6, 6.07) is 12.5. The summed E-state index contributed by atoms with van der Waals surface area (Å²) in [7, 11) is 2.11. The van der Waals surface area contributed by atoms with Crippen LogP contribution in [0.1, 0.15) is 62.3 Å². The van der Waals surface area contributed by atoms with Gasteiger partial charge in [-0.2, -0.15) is 0 Å². The molecule has 1 aromatic heterocycles. The van der Waals surface area contributed by atoms with E-state index < -0.39 is 0 Å². The van der Waals surface area contributed by atoms with Gasteiger partial charge in [-0.25, -0.2) is 4.99 Å². The van der Waals surface area contributed by atoms with Gasteiger partial charge in [-0.15, -0.1) is 0 Å². The van der Waals surface area contributed by atoms with Crippen LogP contribution in [0.4, 0.5) is 0 Å². The van der Waals surface area contributed by atoms with Crippen LogP contribution in [0.2, 0.25) is 0 Å². The lowest BCUT2D eigenvalue weighted by Crippen LogP contribution is -2.45. The third-order valence-electron chi connectivity index (χ3n) is 6.50. The van der Waals surface area contributed by atoms with E-state index in [1.807, 2.05) is 12.1 Å². The lowest BCUT2D eigenvalue weighted by atomic mass is 9.72. The molecule has 0 atom stereocenters. The Labute approximate surface area is 193 Å². The van der Waals surface area contributed by atoms with E-state index in [0.717, 1.165) is 44.3 Å². The monoisotopic (exact) mass is 440 g/mol. The fourth-order valence-electron chi connectivity index (χ4n) is 4.71. The number of guanidine groups is 1. The molecule has 0 unspecified atom stereocenters. The van der Waals surface area contributed by atoms with Gasteiger partial charge in [0, 0.05) is 26.2 Å². The van der Waals surface area contributed by atoms with E-state index in [1.54, 1.807) is 6.26 Å². The van der Waals surface area contributed by atoms with Gasteiger partial charge in [0.1, 0.15) is 5.76 Å². The summed E-state index contributed by atoms with van der Waals surface area (Å²) in [6.45, 7) is 6.30. The number of hydrogen-bond donors (Lipinski definition) is 3. The Morgan fingerprint density at radius 2 is 1.84 bits per heavy atom. The van der Waals surface area contributed by atoms with Gasteiger partial charge in [-0.1, -0.05) is 43.5 Å². The summed E-state index contributed by atoms with van der Waals surface area (Å²) in [5.74, 6) is 1.83. The predicted octanol–water partition coefficient (Wildman–Crippen LogP) is 4.30. The Kier molecular flexibility index (Phi) is 9.62. The second kappa shape index (κ2) is 12.7. The number of hydrogen-bond acceptors (Lipinski definition) is 4. The van der Waals surface area contributed by atoms with Crippen LogP contribution in [0.15, 0.2) is 52.1 Å². The van der Waals surface area contributed by atoms with Crippen LogP contribution < -0.4 is 10.6 Å². The predicted molar refractivity (Wildman–Crippen MR) is 130 cm³/mol. The molecule has 1 aromatic carbocycles. The molecule has 0 saturated heterocycles. The first-order valence-corrected chi connectivity index (χ1v) is 12.0. The Morgan fingerprint density at radius 1 is 1.06 bits per heavy atom. The van der Waals surface area contributed by atoms with Gasteiger partial charge in [0.05, 0.1) is 19.4 Å². The van der Waals surface area contributed by atoms with Gasteiger partial charge in [0.2, 0.25) is 0 Å². The molecule has 0 amide bonds. The Balaban J connectivity index is 1.63. The van der Waals surface area contributed by atoms with Crippen molar-refractivity contribution in [1.82, 2.24) is 15.5 Å².